The first-order valence-corrected chi connectivity index (χ1v) is 6.99. The fourth-order valence-electron chi connectivity index (χ4n) is 2.76. The highest BCUT2D eigenvalue weighted by molar-refractivity contribution is 6.34. The third kappa shape index (κ3) is 2.93. The maximum absolute atomic E-state index is 12.3. The largest absolute Gasteiger partial charge is 0.293 e. The van der Waals surface area contributed by atoms with Crippen molar-refractivity contribution in [3.05, 3.63) is 34.9 Å². The molecule has 0 bridgehead atoms. The van der Waals surface area contributed by atoms with Crippen molar-refractivity contribution in [1.29, 1.82) is 0 Å². The van der Waals surface area contributed by atoms with Crippen LogP contribution in [0.25, 0.3) is 0 Å². The van der Waals surface area contributed by atoms with Gasteiger partial charge in [0.15, 0.2) is 5.78 Å². The molecule has 2 nitrogen and oxygen atoms in total. The van der Waals surface area contributed by atoms with Crippen molar-refractivity contribution in [1.82, 2.24) is 4.90 Å². The van der Waals surface area contributed by atoms with E-state index in [-0.39, 0.29) is 5.78 Å². The first-order valence-electron chi connectivity index (χ1n) is 6.61. The summed E-state index contributed by atoms with van der Waals surface area (Å²) in [6.45, 7) is 5.97. The lowest BCUT2D eigenvalue weighted by molar-refractivity contribution is 0.0904. The molecule has 1 aliphatic rings. The van der Waals surface area contributed by atoms with Crippen molar-refractivity contribution in [2.75, 3.05) is 13.1 Å². The summed E-state index contributed by atoms with van der Waals surface area (Å²) >= 11 is 6.06. The van der Waals surface area contributed by atoms with Gasteiger partial charge in [0.25, 0.3) is 0 Å². The fraction of sp³-hybridized carbons (Fsp3) is 0.533. The van der Waals surface area contributed by atoms with Gasteiger partial charge in [-0.05, 0) is 37.4 Å². The molecule has 1 unspecified atom stereocenters. The molecule has 0 saturated carbocycles. The van der Waals surface area contributed by atoms with E-state index in [2.05, 4.69) is 18.7 Å². The van der Waals surface area contributed by atoms with E-state index >= 15 is 0 Å². The van der Waals surface area contributed by atoms with Crippen LogP contribution in [0.1, 0.15) is 37.0 Å². The minimum Gasteiger partial charge on any atom is -0.293 e. The predicted octanol–water partition coefficient (Wildman–Crippen LogP) is 3.64. The Balaban J connectivity index is 2.06. The molecule has 0 aliphatic carbocycles. The van der Waals surface area contributed by atoms with Gasteiger partial charge < -0.3 is 0 Å². The van der Waals surface area contributed by atoms with E-state index < -0.39 is 0 Å². The van der Waals surface area contributed by atoms with E-state index in [4.69, 9.17) is 11.6 Å². The number of hydrogen-bond donors (Lipinski definition) is 0. The Hall–Kier alpha value is -0.860. The summed E-state index contributed by atoms with van der Waals surface area (Å²) in [7, 11) is 0. The number of likely N-dealkylation sites (tertiary alicyclic amines) is 1. The third-order valence-electron chi connectivity index (χ3n) is 3.70. The zero-order valence-electron chi connectivity index (χ0n) is 11.0. The molecule has 1 fully saturated rings. The molecule has 0 spiro atoms. The highest BCUT2D eigenvalue weighted by Crippen LogP contribution is 2.24. The number of rotatable bonds is 4. The Morgan fingerprint density at radius 3 is 2.83 bits per heavy atom. The molecule has 1 saturated heterocycles. The monoisotopic (exact) mass is 265 g/mol. The highest BCUT2D eigenvalue weighted by Gasteiger charge is 2.28. The Labute approximate surface area is 114 Å². The number of benzene rings is 1. The smallest absolute Gasteiger partial charge is 0.178 e. The molecule has 0 radical (unpaired) electrons. The van der Waals surface area contributed by atoms with Crippen LogP contribution in [0.3, 0.4) is 0 Å². The van der Waals surface area contributed by atoms with E-state index in [0.29, 0.717) is 29.1 Å². The average Bonchev–Trinajstić information content (AvgIpc) is 2.77. The molecular weight excluding hydrogens is 246 g/mol. The first kappa shape index (κ1) is 13.6. The number of carbonyl (C=O) groups excluding carboxylic acids is 1. The number of nitrogens with zero attached hydrogens (tertiary/aromatic N) is 1. The summed E-state index contributed by atoms with van der Waals surface area (Å²) < 4.78 is 0. The lowest BCUT2D eigenvalue weighted by Gasteiger charge is -2.26. The zero-order valence-corrected chi connectivity index (χ0v) is 11.8. The van der Waals surface area contributed by atoms with Crippen molar-refractivity contribution in [3.63, 3.8) is 0 Å². The molecule has 1 atom stereocenters. The van der Waals surface area contributed by atoms with Gasteiger partial charge in [0.05, 0.1) is 11.6 Å². The summed E-state index contributed by atoms with van der Waals surface area (Å²) in [6.07, 6.45) is 2.39. The van der Waals surface area contributed by atoms with Gasteiger partial charge in [0.2, 0.25) is 0 Å². The van der Waals surface area contributed by atoms with Crippen LogP contribution in [-0.4, -0.2) is 29.8 Å². The van der Waals surface area contributed by atoms with Crippen LogP contribution in [0.15, 0.2) is 24.3 Å². The Morgan fingerprint density at radius 2 is 2.17 bits per heavy atom. The summed E-state index contributed by atoms with van der Waals surface area (Å²) in [4.78, 5) is 14.6. The summed E-state index contributed by atoms with van der Waals surface area (Å²) in [6, 6.07) is 7.84. The highest BCUT2D eigenvalue weighted by atomic mass is 35.5. The van der Waals surface area contributed by atoms with Gasteiger partial charge in [-0.3, -0.25) is 9.69 Å². The van der Waals surface area contributed by atoms with Crippen LogP contribution in [0.4, 0.5) is 0 Å². The van der Waals surface area contributed by atoms with Gasteiger partial charge in [-0.25, -0.2) is 0 Å². The Kier molecular flexibility index (Phi) is 4.41. The minimum atomic E-state index is 0.133. The molecule has 1 aliphatic heterocycles. The molecule has 0 aromatic heterocycles. The first-order chi connectivity index (χ1) is 8.59. The average molecular weight is 266 g/mol. The van der Waals surface area contributed by atoms with Crippen molar-refractivity contribution in [2.45, 2.75) is 32.7 Å². The molecule has 0 amide bonds. The molecular formula is C15H20ClNO. The number of halogens is 1. The third-order valence-corrected chi connectivity index (χ3v) is 4.03. The maximum atomic E-state index is 12.3. The molecule has 1 heterocycles. The number of carbonyl (C=O) groups is 1. The molecule has 1 aromatic carbocycles. The van der Waals surface area contributed by atoms with E-state index in [9.17, 15) is 4.79 Å². The van der Waals surface area contributed by atoms with Crippen LogP contribution in [0.2, 0.25) is 5.02 Å². The summed E-state index contributed by atoms with van der Waals surface area (Å²) in [5, 5.41) is 0.558. The van der Waals surface area contributed by atoms with Crippen LogP contribution in [0, 0.1) is 5.92 Å². The van der Waals surface area contributed by atoms with E-state index in [1.807, 2.05) is 18.2 Å². The second-order valence-corrected chi connectivity index (χ2v) is 5.73. The quantitative estimate of drug-likeness (QED) is 0.775. The molecule has 98 valence electrons. The lowest BCUT2D eigenvalue weighted by Crippen LogP contribution is -2.37. The SMILES string of the molecule is CC(C)C1CCCN1CC(=O)c1ccccc1Cl. The summed E-state index contributed by atoms with van der Waals surface area (Å²) in [5.41, 5.74) is 0.647. The topological polar surface area (TPSA) is 20.3 Å². The summed E-state index contributed by atoms with van der Waals surface area (Å²) in [5.74, 6) is 0.736. The zero-order chi connectivity index (χ0) is 13.1. The lowest BCUT2D eigenvalue weighted by atomic mass is 10.0. The fourth-order valence-corrected chi connectivity index (χ4v) is 3.00. The second kappa shape index (κ2) is 5.85. The van der Waals surface area contributed by atoms with E-state index in [1.54, 1.807) is 6.07 Å². The van der Waals surface area contributed by atoms with Crippen molar-refractivity contribution < 1.29 is 4.79 Å². The molecule has 0 N–H and O–H groups in total. The van der Waals surface area contributed by atoms with Gasteiger partial charge in [0, 0.05) is 11.6 Å². The van der Waals surface area contributed by atoms with Crippen molar-refractivity contribution >= 4 is 17.4 Å². The van der Waals surface area contributed by atoms with Crippen LogP contribution < -0.4 is 0 Å². The predicted molar refractivity (Wildman–Crippen MR) is 75.2 cm³/mol. The van der Waals surface area contributed by atoms with Crippen molar-refractivity contribution in [3.8, 4) is 0 Å². The van der Waals surface area contributed by atoms with Gasteiger partial charge in [-0.2, -0.15) is 0 Å². The molecule has 18 heavy (non-hydrogen) atoms. The van der Waals surface area contributed by atoms with Gasteiger partial charge >= 0.3 is 0 Å². The van der Waals surface area contributed by atoms with Crippen LogP contribution >= 0.6 is 11.6 Å². The van der Waals surface area contributed by atoms with Crippen LogP contribution in [-0.2, 0) is 0 Å². The van der Waals surface area contributed by atoms with Gasteiger partial charge in [-0.1, -0.05) is 37.6 Å². The maximum Gasteiger partial charge on any atom is 0.178 e. The van der Waals surface area contributed by atoms with E-state index in [1.165, 1.54) is 12.8 Å². The minimum absolute atomic E-state index is 0.133. The van der Waals surface area contributed by atoms with Gasteiger partial charge in [0.1, 0.15) is 0 Å². The van der Waals surface area contributed by atoms with Crippen LogP contribution in [0.5, 0.6) is 0 Å². The molecule has 3 heteroatoms. The molecule has 1 aromatic rings. The second-order valence-electron chi connectivity index (χ2n) is 5.33. The van der Waals surface area contributed by atoms with Crippen molar-refractivity contribution in [2.24, 2.45) is 5.92 Å². The Morgan fingerprint density at radius 1 is 1.44 bits per heavy atom. The molecule has 2 rings (SSSR count). The number of ketones is 1. The number of Topliss-reactive ketones (excluding diaryl/α,β-unsaturated/α-hetero) is 1. The van der Waals surface area contributed by atoms with Gasteiger partial charge in [-0.15, -0.1) is 0 Å². The standard InChI is InChI=1S/C15H20ClNO/c1-11(2)14-8-5-9-17(14)10-15(18)12-6-3-4-7-13(12)16/h3-4,6-7,11,14H,5,8-10H2,1-2H3. The number of hydrogen-bond acceptors (Lipinski definition) is 2. The Bertz CT molecular complexity index is 430. The van der Waals surface area contributed by atoms with E-state index in [0.717, 1.165) is 6.54 Å². The normalized spacial score (nSPS) is 20.6.